The molecule has 18 heavy (non-hydrogen) atoms. The van der Waals surface area contributed by atoms with Crippen LogP contribution in [0, 0.1) is 0 Å². The molecule has 0 saturated carbocycles. The zero-order chi connectivity index (χ0) is 13.7. The van der Waals surface area contributed by atoms with E-state index < -0.39 is 0 Å². The molecule has 1 aromatic rings. The Kier molecular flexibility index (Phi) is 5.46. The van der Waals surface area contributed by atoms with Crippen molar-refractivity contribution in [3.63, 3.8) is 0 Å². The quantitative estimate of drug-likeness (QED) is 0.767. The van der Waals surface area contributed by atoms with E-state index in [0.717, 1.165) is 21.6 Å². The molecular formula is C16H16Cl2. The third-order valence-corrected chi connectivity index (χ3v) is 3.49. The number of hydrogen-bond donors (Lipinski definition) is 0. The molecule has 0 aliphatic heterocycles. The number of allylic oxidation sites excluding steroid dienone is 2. The molecule has 0 saturated heterocycles. The first-order valence-electron chi connectivity index (χ1n) is 5.67. The molecule has 0 fully saturated rings. The molecular weight excluding hydrogens is 263 g/mol. The van der Waals surface area contributed by atoms with Gasteiger partial charge in [0.2, 0.25) is 0 Å². The van der Waals surface area contributed by atoms with Gasteiger partial charge in [-0.1, -0.05) is 72.8 Å². The van der Waals surface area contributed by atoms with Gasteiger partial charge in [0.1, 0.15) is 0 Å². The maximum absolute atomic E-state index is 6.42. The molecule has 2 heteroatoms. The van der Waals surface area contributed by atoms with Crippen molar-refractivity contribution < 1.29 is 0 Å². The summed E-state index contributed by atoms with van der Waals surface area (Å²) in [6.07, 6.45) is 11.2. The van der Waals surface area contributed by atoms with Crippen LogP contribution in [0.2, 0.25) is 10.0 Å². The minimum atomic E-state index is 0.649. The standard InChI is InChI=1S/C16H16Cl2/c1-5-9-10-14-13(8-4)15(17)11(6-2)12(7-3)16(14)18/h5-10H,2-3H2,1,4H3/b9-5-,13-8-,14-10+. The van der Waals surface area contributed by atoms with Crippen LogP contribution in [-0.2, 0) is 0 Å². The zero-order valence-corrected chi connectivity index (χ0v) is 12.1. The normalized spacial score (nSPS) is 13.3. The van der Waals surface area contributed by atoms with Gasteiger partial charge in [0.15, 0.2) is 0 Å². The van der Waals surface area contributed by atoms with Gasteiger partial charge < -0.3 is 0 Å². The van der Waals surface area contributed by atoms with Crippen LogP contribution in [0.1, 0.15) is 25.0 Å². The van der Waals surface area contributed by atoms with Gasteiger partial charge in [0, 0.05) is 16.3 Å². The van der Waals surface area contributed by atoms with E-state index in [-0.39, 0.29) is 0 Å². The molecule has 0 heterocycles. The van der Waals surface area contributed by atoms with Gasteiger partial charge in [-0.05, 0) is 19.1 Å². The Labute approximate surface area is 118 Å². The Hall–Kier alpha value is -1.24. The highest BCUT2D eigenvalue weighted by Crippen LogP contribution is 2.23. The lowest BCUT2D eigenvalue weighted by molar-refractivity contribution is 1.46. The highest BCUT2D eigenvalue weighted by molar-refractivity contribution is 6.35. The summed E-state index contributed by atoms with van der Waals surface area (Å²) in [4.78, 5) is 0. The summed E-state index contributed by atoms with van der Waals surface area (Å²) in [5, 5.41) is 3.13. The van der Waals surface area contributed by atoms with Crippen LogP contribution in [0.4, 0.5) is 0 Å². The summed E-state index contributed by atoms with van der Waals surface area (Å²) in [7, 11) is 0. The van der Waals surface area contributed by atoms with Gasteiger partial charge in [-0.3, -0.25) is 0 Å². The fourth-order valence-corrected chi connectivity index (χ4v) is 2.53. The van der Waals surface area contributed by atoms with Crippen molar-refractivity contribution in [1.82, 2.24) is 0 Å². The lowest BCUT2D eigenvalue weighted by Crippen LogP contribution is -2.28. The summed E-state index contributed by atoms with van der Waals surface area (Å²) < 4.78 is 0. The Morgan fingerprint density at radius 1 is 0.889 bits per heavy atom. The molecule has 0 aliphatic rings. The van der Waals surface area contributed by atoms with Crippen LogP contribution in [0.15, 0.2) is 25.3 Å². The van der Waals surface area contributed by atoms with E-state index >= 15 is 0 Å². The Morgan fingerprint density at radius 2 is 1.39 bits per heavy atom. The molecule has 1 aromatic carbocycles. The molecule has 0 spiro atoms. The largest absolute Gasteiger partial charge is 0.0984 e. The van der Waals surface area contributed by atoms with Crippen molar-refractivity contribution in [1.29, 1.82) is 0 Å². The number of rotatable bonds is 3. The molecule has 0 aliphatic carbocycles. The van der Waals surface area contributed by atoms with Crippen LogP contribution in [0.5, 0.6) is 0 Å². The maximum Gasteiger partial charge on any atom is 0.0563 e. The molecule has 0 N–H and O–H groups in total. The highest BCUT2D eigenvalue weighted by atomic mass is 35.5. The molecule has 1 rings (SSSR count). The molecule has 0 radical (unpaired) electrons. The molecule has 0 bridgehead atoms. The van der Waals surface area contributed by atoms with Crippen LogP contribution in [-0.4, -0.2) is 0 Å². The molecule has 0 nitrogen and oxygen atoms in total. The van der Waals surface area contributed by atoms with Gasteiger partial charge in [0.25, 0.3) is 0 Å². The Bertz CT molecular complexity index is 620. The van der Waals surface area contributed by atoms with Crippen molar-refractivity contribution >= 4 is 47.5 Å². The minimum Gasteiger partial charge on any atom is -0.0984 e. The van der Waals surface area contributed by atoms with Gasteiger partial charge >= 0.3 is 0 Å². The second kappa shape index (κ2) is 6.63. The third-order valence-electron chi connectivity index (χ3n) is 2.68. The van der Waals surface area contributed by atoms with Gasteiger partial charge in [0.05, 0.1) is 10.0 Å². The van der Waals surface area contributed by atoms with Gasteiger partial charge in [-0.2, -0.15) is 0 Å². The second-order valence-corrected chi connectivity index (χ2v) is 4.43. The minimum absolute atomic E-state index is 0.649. The topological polar surface area (TPSA) is 0 Å². The van der Waals surface area contributed by atoms with Crippen molar-refractivity contribution in [3.05, 3.63) is 56.9 Å². The lowest BCUT2D eigenvalue weighted by atomic mass is 10.0. The van der Waals surface area contributed by atoms with Crippen LogP contribution in [0.25, 0.3) is 24.3 Å². The van der Waals surface area contributed by atoms with E-state index in [2.05, 4.69) is 13.2 Å². The number of benzene rings is 1. The fourth-order valence-electron chi connectivity index (χ4n) is 1.80. The summed E-state index contributed by atoms with van der Waals surface area (Å²) in [5.41, 5.74) is 1.64. The van der Waals surface area contributed by atoms with E-state index in [9.17, 15) is 0 Å². The first-order valence-corrected chi connectivity index (χ1v) is 6.43. The smallest absolute Gasteiger partial charge is 0.0563 e. The average molecular weight is 279 g/mol. The van der Waals surface area contributed by atoms with Crippen molar-refractivity contribution in [2.24, 2.45) is 0 Å². The highest BCUT2D eigenvalue weighted by Gasteiger charge is 2.10. The number of hydrogen-bond acceptors (Lipinski definition) is 0. The molecule has 0 unspecified atom stereocenters. The molecule has 0 aromatic heterocycles. The molecule has 0 atom stereocenters. The van der Waals surface area contributed by atoms with E-state index in [4.69, 9.17) is 23.2 Å². The predicted octanol–water partition coefficient (Wildman–Crippen LogP) is 4.44. The SMILES string of the molecule is C=Cc1c(C=C)c(Cl)c(=C/C=C\C)/c(=C/C)c1Cl. The van der Waals surface area contributed by atoms with Crippen LogP contribution < -0.4 is 10.4 Å². The van der Waals surface area contributed by atoms with E-state index in [1.807, 2.05) is 38.2 Å². The first-order chi connectivity index (χ1) is 8.62. The summed E-state index contributed by atoms with van der Waals surface area (Å²) >= 11 is 12.8. The van der Waals surface area contributed by atoms with Crippen LogP contribution in [0.3, 0.4) is 0 Å². The predicted molar refractivity (Wildman–Crippen MR) is 85.3 cm³/mol. The second-order valence-electron chi connectivity index (χ2n) is 3.67. The zero-order valence-electron chi connectivity index (χ0n) is 10.6. The van der Waals surface area contributed by atoms with Crippen LogP contribution >= 0.6 is 23.2 Å². The summed E-state index contributed by atoms with van der Waals surface area (Å²) in [6.45, 7) is 11.5. The Morgan fingerprint density at radius 3 is 1.78 bits per heavy atom. The van der Waals surface area contributed by atoms with E-state index in [0.29, 0.717) is 10.0 Å². The number of halogens is 2. The van der Waals surface area contributed by atoms with Crippen molar-refractivity contribution in [2.45, 2.75) is 13.8 Å². The average Bonchev–Trinajstić information content (AvgIpc) is 2.38. The summed E-state index contributed by atoms with van der Waals surface area (Å²) in [6, 6.07) is 0. The first kappa shape index (κ1) is 14.8. The summed E-state index contributed by atoms with van der Waals surface area (Å²) in [5.74, 6) is 0. The van der Waals surface area contributed by atoms with Gasteiger partial charge in [-0.25, -0.2) is 0 Å². The fraction of sp³-hybridized carbons (Fsp3) is 0.125. The van der Waals surface area contributed by atoms with Gasteiger partial charge in [-0.15, -0.1) is 0 Å². The lowest BCUT2D eigenvalue weighted by Gasteiger charge is -2.09. The van der Waals surface area contributed by atoms with Crippen molar-refractivity contribution in [2.75, 3.05) is 0 Å². The third kappa shape index (κ3) is 2.60. The van der Waals surface area contributed by atoms with E-state index in [1.165, 1.54) is 0 Å². The Balaban J connectivity index is 4.02. The monoisotopic (exact) mass is 278 g/mol. The maximum atomic E-state index is 6.42. The van der Waals surface area contributed by atoms with Crippen molar-refractivity contribution in [3.8, 4) is 0 Å². The molecule has 0 amide bonds. The molecule has 94 valence electrons. The van der Waals surface area contributed by atoms with E-state index in [1.54, 1.807) is 12.2 Å².